The highest BCUT2D eigenvalue weighted by Crippen LogP contribution is 2.49. The van der Waals surface area contributed by atoms with E-state index in [1.807, 2.05) is 0 Å². The molecule has 3 rings (SSSR count). The summed E-state index contributed by atoms with van der Waals surface area (Å²) in [5.74, 6) is -1.99. The molecule has 1 aliphatic carbocycles. The van der Waals surface area contributed by atoms with Crippen LogP contribution in [0.4, 0.5) is 0 Å². The molecule has 0 bridgehead atoms. The minimum atomic E-state index is -5.70. The summed E-state index contributed by atoms with van der Waals surface area (Å²) in [6.45, 7) is 3.47. The molecule has 2 saturated heterocycles. The van der Waals surface area contributed by atoms with Crippen molar-refractivity contribution in [2.45, 2.75) is 420 Å². The SMILES string of the molecule is CCCCCCCCC/C=C\CCCCCC(=O)OCC(COP(=O)(O)OC1C(OC2OC(CO)C(O)C(O)C2O)C(O)C(O)C(O)C1OC1OC(COC(=O)CCCCCCCCCCCCCCCCC)C(O)C(O)C1O)OC(=O)CCCCCCCCCCCCCCCCCC. The van der Waals surface area contributed by atoms with Gasteiger partial charge < -0.3 is 89.1 Å². The summed E-state index contributed by atoms with van der Waals surface area (Å²) in [7, 11) is -5.70. The highest BCUT2D eigenvalue weighted by molar-refractivity contribution is 7.47. The molecule has 588 valence electrons. The zero-order chi connectivity index (χ0) is 73.2. The molecular weight excluding hydrogens is 1320 g/mol. The van der Waals surface area contributed by atoms with Crippen LogP contribution in [-0.4, -0.2) is 204 Å². The lowest BCUT2D eigenvalue weighted by Gasteiger charge is -2.49. The van der Waals surface area contributed by atoms with Crippen LogP contribution in [0.5, 0.6) is 0 Å². The van der Waals surface area contributed by atoms with Crippen molar-refractivity contribution in [2.75, 3.05) is 26.4 Å². The van der Waals surface area contributed by atoms with Crippen molar-refractivity contribution in [3.05, 3.63) is 12.2 Å². The number of rotatable bonds is 62. The van der Waals surface area contributed by atoms with Gasteiger partial charge in [-0.25, -0.2) is 4.57 Å². The lowest BCUT2D eigenvalue weighted by Crippen LogP contribution is -2.69. The van der Waals surface area contributed by atoms with E-state index in [4.69, 9.17) is 42.2 Å². The van der Waals surface area contributed by atoms with E-state index in [1.54, 1.807) is 0 Å². The maximum absolute atomic E-state index is 14.4. The summed E-state index contributed by atoms with van der Waals surface area (Å²) in [5, 5.41) is 110. The van der Waals surface area contributed by atoms with Crippen LogP contribution in [-0.2, 0) is 61.2 Å². The van der Waals surface area contributed by atoms with Crippen molar-refractivity contribution >= 4 is 25.7 Å². The number of hydrogen-bond donors (Lipinski definition) is 11. The van der Waals surface area contributed by atoms with Crippen molar-refractivity contribution in [1.82, 2.24) is 0 Å². The van der Waals surface area contributed by atoms with E-state index in [1.165, 1.54) is 161 Å². The Morgan fingerprint density at radius 1 is 0.380 bits per heavy atom. The molecule has 0 spiro atoms. The first kappa shape index (κ1) is 91.9. The van der Waals surface area contributed by atoms with Crippen molar-refractivity contribution in [2.24, 2.45) is 0 Å². The second kappa shape index (κ2) is 57.0. The average molecular weight is 1460 g/mol. The number of carbonyl (C=O) groups is 3. The Kier molecular flexibility index (Phi) is 52.3. The molecule has 11 N–H and O–H groups in total. The molecule has 100 heavy (non-hydrogen) atoms. The summed E-state index contributed by atoms with van der Waals surface area (Å²) in [6.07, 6.45) is 16.9. The lowest BCUT2D eigenvalue weighted by molar-refractivity contribution is -0.360. The smallest absolute Gasteiger partial charge is 0.463 e. The summed E-state index contributed by atoms with van der Waals surface area (Å²) in [4.78, 5) is 51.1. The molecule has 1 saturated carbocycles. The first-order valence-electron chi connectivity index (χ1n) is 39.5. The third-order valence-electron chi connectivity index (χ3n) is 19.5. The number of aliphatic hydroxyl groups excluding tert-OH is 10. The van der Waals surface area contributed by atoms with Gasteiger partial charge in [-0.1, -0.05) is 264 Å². The fourth-order valence-corrected chi connectivity index (χ4v) is 14.1. The van der Waals surface area contributed by atoms with E-state index in [9.17, 15) is 74.9 Å². The second-order valence-electron chi connectivity index (χ2n) is 28.4. The van der Waals surface area contributed by atoms with E-state index in [0.717, 1.165) is 96.3 Å². The predicted octanol–water partition coefficient (Wildman–Crippen LogP) is 11.5. The van der Waals surface area contributed by atoms with Gasteiger partial charge in [0.2, 0.25) is 0 Å². The number of aliphatic hydroxyl groups is 10. The molecule has 0 radical (unpaired) electrons. The largest absolute Gasteiger partial charge is 0.472 e. The van der Waals surface area contributed by atoms with Gasteiger partial charge in [0, 0.05) is 19.3 Å². The van der Waals surface area contributed by atoms with Crippen LogP contribution in [0.1, 0.15) is 316 Å². The maximum atomic E-state index is 14.4. The van der Waals surface area contributed by atoms with Crippen molar-refractivity contribution < 1.29 is 117 Å². The Morgan fingerprint density at radius 3 is 1.09 bits per heavy atom. The Labute approximate surface area is 599 Å². The van der Waals surface area contributed by atoms with Crippen LogP contribution in [0.2, 0.25) is 0 Å². The van der Waals surface area contributed by atoms with Crippen LogP contribution in [0.15, 0.2) is 12.2 Å². The fraction of sp³-hybridized carbons (Fsp3) is 0.933. The monoisotopic (exact) mass is 1450 g/mol. The minimum Gasteiger partial charge on any atom is -0.463 e. The number of phosphoric ester groups is 1. The molecule has 2 aliphatic heterocycles. The Balaban J connectivity index is 1.72. The number of unbranched alkanes of at least 4 members (excludes halogenated alkanes) is 39. The quantitative estimate of drug-likeness (QED) is 0.00886. The highest BCUT2D eigenvalue weighted by Gasteiger charge is 2.58. The number of phosphoric acid groups is 1. The van der Waals surface area contributed by atoms with Crippen LogP contribution >= 0.6 is 7.82 Å². The maximum Gasteiger partial charge on any atom is 0.472 e. The molecule has 0 aromatic carbocycles. The zero-order valence-electron chi connectivity index (χ0n) is 61.5. The zero-order valence-corrected chi connectivity index (χ0v) is 62.4. The van der Waals surface area contributed by atoms with E-state index in [2.05, 4.69) is 32.9 Å². The first-order chi connectivity index (χ1) is 48.3. The molecule has 0 aromatic heterocycles. The third kappa shape index (κ3) is 39.3. The van der Waals surface area contributed by atoms with Gasteiger partial charge in [-0.3, -0.25) is 23.4 Å². The molecule has 24 nitrogen and oxygen atoms in total. The molecule has 2 heterocycles. The Morgan fingerprint density at radius 2 is 0.700 bits per heavy atom. The fourth-order valence-electron chi connectivity index (χ4n) is 13.1. The van der Waals surface area contributed by atoms with Gasteiger partial charge >= 0.3 is 25.7 Å². The third-order valence-corrected chi connectivity index (χ3v) is 20.5. The van der Waals surface area contributed by atoms with E-state index in [0.29, 0.717) is 19.3 Å². The summed E-state index contributed by atoms with van der Waals surface area (Å²) in [5.41, 5.74) is 0. The molecule has 3 fully saturated rings. The molecule has 25 heteroatoms. The van der Waals surface area contributed by atoms with Gasteiger partial charge in [0.1, 0.15) is 98.7 Å². The van der Waals surface area contributed by atoms with Crippen LogP contribution < -0.4 is 0 Å². The normalized spacial score (nSPS) is 27.3. The molecule has 3 aliphatic rings. The topological polar surface area (TPSA) is 374 Å². The number of esters is 3. The highest BCUT2D eigenvalue weighted by atomic mass is 31.2. The second-order valence-corrected chi connectivity index (χ2v) is 29.8. The van der Waals surface area contributed by atoms with Gasteiger partial charge in [-0.05, 0) is 44.9 Å². The Bertz CT molecular complexity index is 2110. The summed E-state index contributed by atoms with van der Waals surface area (Å²) < 4.78 is 65.1. The van der Waals surface area contributed by atoms with Crippen LogP contribution in [0.3, 0.4) is 0 Å². The van der Waals surface area contributed by atoms with Gasteiger partial charge in [0.15, 0.2) is 18.7 Å². The van der Waals surface area contributed by atoms with E-state index < -0.39 is 156 Å². The van der Waals surface area contributed by atoms with Gasteiger partial charge in [0.25, 0.3) is 0 Å². The van der Waals surface area contributed by atoms with Crippen molar-refractivity contribution in [1.29, 1.82) is 0 Å². The van der Waals surface area contributed by atoms with Gasteiger partial charge in [0.05, 0.1) is 13.2 Å². The average Bonchev–Trinajstić information content (AvgIpc) is 0.760. The predicted molar refractivity (Wildman–Crippen MR) is 379 cm³/mol. The minimum absolute atomic E-state index is 0.0281. The molecule has 0 aromatic rings. The number of allylic oxidation sites excluding steroid dienone is 2. The molecule has 18 atom stereocenters. The number of ether oxygens (including phenoxy) is 7. The standard InChI is InChI=1S/C75H139O24P/c1-4-7-10-13-16-19-22-25-28-30-33-36-39-42-45-48-51-61(79)94-56(53-91-59(77)49-46-43-40-37-34-31-27-24-21-18-15-12-9-6-3)54-93-100(89,90)99-73-71(97-74-69(87)64(82)62(80)57(52-76)95-74)67(85)66(84)68(86)72(73)98-75-70(88)65(83)63(81)58(96-75)55-92-60(78)50-47-44-41-38-35-32-29-26-23-20-17-14-11-8-5-2/h31,34,56-58,62-76,80-88H,4-30,32-33,35-55H2,1-3H3,(H,89,90)/b34-31-. The van der Waals surface area contributed by atoms with Crippen LogP contribution in [0.25, 0.3) is 0 Å². The lowest BCUT2D eigenvalue weighted by atomic mass is 9.84. The summed E-state index contributed by atoms with van der Waals surface area (Å²) in [6, 6.07) is 0. The molecule has 18 unspecified atom stereocenters. The molecular formula is C75H139O24P. The first-order valence-corrected chi connectivity index (χ1v) is 41.0. The molecule has 0 amide bonds. The van der Waals surface area contributed by atoms with Crippen molar-refractivity contribution in [3.8, 4) is 0 Å². The van der Waals surface area contributed by atoms with E-state index in [-0.39, 0.29) is 19.3 Å². The van der Waals surface area contributed by atoms with Gasteiger partial charge in [-0.2, -0.15) is 0 Å². The Hall–Kier alpha value is -2.30. The summed E-state index contributed by atoms with van der Waals surface area (Å²) >= 11 is 0. The number of carbonyl (C=O) groups excluding carboxylic acids is 3. The van der Waals surface area contributed by atoms with Crippen LogP contribution in [0, 0.1) is 0 Å². The van der Waals surface area contributed by atoms with E-state index >= 15 is 0 Å². The van der Waals surface area contributed by atoms with Crippen molar-refractivity contribution in [3.63, 3.8) is 0 Å². The number of hydrogen-bond acceptors (Lipinski definition) is 23. The van der Waals surface area contributed by atoms with Gasteiger partial charge in [-0.15, -0.1) is 0 Å².